The Bertz CT molecular complexity index is 286. The second-order valence-corrected chi connectivity index (χ2v) is 4.45. The first-order chi connectivity index (χ1) is 7.74. The minimum absolute atomic E-state index is 0.298. The van der Waals surface area contributed by atoms with Crippen molar-refractivity contribution in [1.82, 2.24) is 5.32 Å². The van der Waals surface area contributed by atoms with Gasteiger partial charge >= 0.3 is 0 Å². The molecule has 16 heavy (non-hydrogen) atoms. The number of hydrogen-bond donors (Lipinski definition) is 2. The predicted octanol–water partition coefficient (Wildman–Crippen LogP) is 3.15. The number of aliphatic hydroxyl groups excluding tert-OH is 1. The van der Waals surface area contributed by atoms with Crippen molar-refractivity contribution in [1.29, 1.82) is 0 Å². The molecule has 0 amide bonds. The van der Waals surface area contributed by atoms with Crippen LogP contribution in [0.5, 0.6) is 0 Å². The lowest BCUT2D eigenvalue weighted by atomic mass is 10.1. The van der Waals surface area contributed by atoms with E-state index in [0.717, 1.165) is 30.8 Å². The maximum absolute atomic E-state index is 8.65. The molecule has 0 aliphatic rings. The quantitative estimate of drug-likeness (QED) is 0.719. The van der Waals surface area contributed by atoms with E-state index in [1.807, 2.05) is 24.3 Å². The summed E-state index contributed by atoms with van der Waals surface area (Å²) in [5.74, 6) is 0. The molecule has 0 saturated carbocycles. The van der Waals surface area contributed by atoms with Crippen LogP contribution in [0.15, 0.2) is 24.3 Å². The highest BCUT2D eigenvalue weighted by molar-refractivity contribution is 6.30. The van der Waals surface area contributed by atoms with Gasteiger partial charge in [0.2, 0.25) is 0 Å². The van der Waals surface area contributed by atoms with Gasteiger partial charge in [-0.05, 0) is 50.4 Å². The van der Waals surface area contributed by atoms with Crippen LogP contribution < -0.4 is 5.32 Å². The van der Waals surface area contributed by atoms with Gasteiger partial charge in [-0.2, -0.15) is 0 Å². The van der Waals surface area contributed by atoms with E-state index in [9.17, 15) is 0 Å². The van der Waals surface area contributed by atoms with Crippen LogP contribution in [-0.4, -0.2) is 18.3 Å². The first-order valence-corrected chi connectivity index (χ1v) is 6.21. The van der Waals surface area contributed by atoms with Gasteiger partial charge in [-0.25, -0.2) is 0 Å². The SMILES string of the molecule is C[C@@H](NCCCCCO)c1ccc(Cl)cc1. The van der Waals surface area contributed by atoms with Gasteiger partial charge in [0, 0.05) is 17.7 Å². The molecule has 2 N–H and O–H groups in total. The number of halogens is 1. The highest BCUT2D eigenvalue weighted by Crippen LogP contribution is 2.15. The van der Waals surface area contributed by atoms with Crippen molar-refractivity contribution in [3.05, 3.63) is 34.9 Å². The molecule has 0 unspecified atom stereocenters. The van der Waals surface area contributed by atoms with Gasteiger partial charge in [0.05, 0.1) is 0 Å². The number of nitrogens with one attached hydrogen (secondary N) is 1. The van der Waals surface area contributed by atoms with E-state index in [4.69, 9.17) is 16.7 Å². The fourth-order valence-electron chi connectivity index (χ4n) is 1.60. The fourth-order valence-corrected chi connectivity index (χ4v) is 1.73. The molecule has 0 bridgehead atoms. The van der Waals surface area contributed by atoms with Gasteiger partial charge < -0.3 is 10.4 Å². The molecular weight excluding hydrogens is 222 g/mol. The molecule has 90 valence electrons. The molecule has 0 spiro atoms. The summed E-state index contributed by atoms with van der Waals surface area (Å²) in [7, 11) is 0. The number of aliphatic hydroxyl groups is 1. The van der Waals surface area contributed by atoms with Crippen molar-refractivity contribution < 1.29 is 5.11 Å². The predicted molar refractivity (Wildman–Crippen MR) is 68.8 cm³/mol. The maximum Gasteiger partial charge on any atom is 0.0431 e. The molecule has 1 atom stereocenters. The summed E-state index contributed by atoms with van der Waals surface area (Å²) >= 11 is 5.83. The van der Waals surface area contributed by atoms with Gasteiger partial charge in [0.25, 0.3) is 0 Å². The summed E-state index contributed by atoms with van der Waals surface area (Å²) in [5, 5.41) is 12.9. The topological polar surface area (TPSA) is 32.3 Å². The highest BCUT2D eigenvalue weighted by Gasteiger charge is 2.03. The third-order valence-corrected chi connectivity index (χ3v) is 2.91. The molecule has 0 fully saturated rings. The van der Waals surface area contributed by atoms with Gasteiger partial charge in [0.1, 0.15) is 0 Å². The van der Waals surface area contributed by atoms with Crippen LogP contribution in [0.4, 0.5) is 0 Å². The Balaban J connectivity index is 2.24. The minimum atomic E-state index is 0.298. The summed E-state index contributed by atoms with van der Waals surface area (Å²) in [6.07, 6.45) is 3.09. The van der Waals surface area contributed by atoms with Gasteiger partial charge in [0.15, 0.2) is 0 Å². The summed E-state index contributed by atoms with van der Waals surface area (Å²) in [6.45, 7) is 3.44. The molecular formula is C13H20ClNO. The normalized spacial score (nSPS) is 12.7. The summed E-state index contributed by atoms with van der Waals surface area (Å²) in [5.41, 5.74) is 1.26. The maximum atomic E-state index is 8.65. The molecule has 0 aliphatic heterocycles. The molecule has 0 aliphatic carbocycles. The number of unbranched alkanes of at least 4 members (excludes halogenated alkanes) is 2. The first-order valence-electron chi connectivity index (χ1n) is 5.83. The average Bonchev–Trinajstić information content (AvgIpc) is 2.29. The van der Waals surface area contributed by atoms with Crippen LogP contribution in [0.1, 0.15) is 37.8 Å². The van der Waals surface area contributed by atoms with Crippen LogP contribution in [0, 0.1) is 0 Å². The van der Waals surface area contributed by atoms with Crippen molar-refractivity contribution >= 4 is 11.6 Å². The Kier molecular flexibility index (Phi) is 6.46. The average molecular weight is 242 g/mol. The van der Waals surface area contributed by atoms with E-state index in [0.29, 0.717) is 12.6 Å². The van der Waals surface area contributed by atoms with E-state index in [2.05, 4.69) is 12.2 Å². The van der Waals surface area contributed by atoms with Crippen LogP contribution >= 0.6 is 11.6 Å². The van der Waals surface area contributed by atoms with Gasteiger partial charge in [-0.1, -0.05) is 23.7 Å². The summed E-state index contributed by atoms with van der Waals surface area (Å²) in [6, 6.07) is 8.29. The summed E-state index contributed by atoms with van der Waals surface area (Å²) < 4.78 is 0. The largest absolute Gasteiger partial charge is 0.396 e. The fraction of sp³-hybridized carbons (Fsp3) is 0.538. The second kappa shape index (κ2) is 7.66. The Hall–Kier alpha value is -0.570. The number of benzene rings is 1. The van der Waals surface area contributed by atoms with E-state index >= 15 is 0 Å². The van der Waals surface area contributed by atoms with Crippen molar-refractivity contribution in [3.8, 4) is 0 Å². The third-order valence-electron chi connectivity index (χ3n) is 2.66. The molecule has 1 rings (SSSR count). The molecule has 0 heterocycles. The van der Waals surface area contributed by atoms with Crippen LogP contribution in [0.2, 0.25) is 5.02 Å². The summed E-state index contributed by atoms with van der Waals surface area (Å²) in [4.78, 5) is 0. The number of rotatable bonds is 7. The zero-order valence-electron chi connectivity index (χ0n) is 9.75. The molecule has 0 aromatic heterocycles. The smallest absolute Gasteiger partial charge is 0.0431 e. The van der Waals surface area contributed by atoms with E-state index < -0.39 is 0 Å². The highest BCUT2D eigenvalue weighted by atomic mass is 35.5. The monoisotopic (exact) mass is 241 g/mol. The Morgan fingerprint density at radius 3 is 2.50 bits per heavy atom. The molecule has 0 saturated heterocycles. The van der Waals surface area contributed by atoms with Crippen molar-refractivity contribution in [2.45, 2.75) is 32.2 Å². The number of hydrogen-bond acceptors (Lipinski definition) is 2. The zero-order chi connectivity index (χ0) is 11.8. The molecule has 1 aromatic carbocycles. The lowest BCUT2D eigenvalue weighted by Gasteiger charge is -2.14. The van der Waals surface area contributed by atoms with Gasteiger partial charge in [-0.15, -0.1) is 0 Å². The van der Waals surface area contributed by atoms with Crippen molar-refractivity contribution in [2.75, 3.05) is 13.2 Å². The second-order valence-electron chi connectivity index (χ2n) is 4.01. The van der Waals surface area contributed by atoms with E-state index in [1.165, 1.54) is 5.56 Å². The van der Waals surface area contributed by atoms with Crippen LogP contribution in [0.3, 0.4) is 0 Å². The van der Waals surface area contributed by atoms with Gasteiger partial charge in [-0.3, -0.25) is 0 Å². The van der Waals surface area contributed by atoms with E-state index in [1.54, 1.807) is 0 Å². The Labute approximate surface area is 103 Å². The van der Waals surface area contributed by atoms with Crippen molar-refractivity contribution in [3.63, 3.8) is 0 Å². The molecule has 3 heteroatoms. The molecule has 0 radical (unpaired) electrons. The Morgan fingerprint density at radius 2 is 1.88 bits per heavy atom. The van der Waals surface area contributed by atoms with E-state index in [-0.39, 0.29) is 0 Å². The van der Waals surface area contributed by atoms with Crippen molar-refractivity contribution in [2.24, 2.45) is 0 Å². The molecule has 1 aromatic rings. The third kappa shape index (κ3) is 4.97. The van der Waals surface area contributed by atoms with Crippen LogP contribution in [-0.2, 0) is 0 Å². The van der Waals surface area contributed by atoms with Crippen LogP contribution in [0.25, 0.3) is 0 Å². The lowest BCUT2D eigenvalue weighted by Crippen LogP contribution is -2.19. The Morgan fingerprint density at radius 1 is 1.19 bits per heavy atom. The first kappa shape index (κ1) is 13.5. The minimum Gasteiger partial charge on any atom is -0.396 e. The zero-order valence-corrected chi connectivity index (χ0v) is 10.5. The molecule has 2 nitrogen and oxygen atoms in total. The lowest BCUT2D eigenvalue weighted by molar-refractivity contribution is 0.282. The standard InChI is InChI=1S/C13H20ClNO/c1-11(15-9-3-2-4-10-16)12-5-7-13(14)8-6-12/h5-8,11,15-16H,2-4,9-10H2,1H3/t11-/m1/s1.